The summed E-state index contributed by atoms with van der Waals surface area (Å²) in [5, 5.41) is 6.42. The second-order valence-corrected chi connectivity index (χ2v) is 7.16. The second-order valence-electron chi connectivity index (χ2n) is 7.16. The van der Waals surface area contributed by atoms with Crippen LogP contribution in [0.5, 0.6) is 11.6 Å². The van der Waals surface area contributed by atoms with E-state index in [9.17, 15) is 18.0 Å². The Balaban J connectivity index is 1.39. The van der Waals surface area contributed by atoms with Crippen LogP contribution in [-0.2, 0) is 0 Å². The summed E-state index contributed by atoms with van der Waals surface area (Å²) in [7, 11) is 0. The van der Waals surface area contributed by atoms with Crippen molar-refractivity contribution >= 4 is 17.1 Å². The number of amides is 1. The Hall–Kier alpha value is -4.73. The standard InChI is InChI=1S/C24H14F3N5O2/c25-17-2-1-3-18(26)22(17)23(33)31-16-4-5-21(19(27)11-16)34-24-20-10-15(12-32(20)30-13-29-24)14-6-8-28-9-7-14/h1-13H,(H,31,33). The van der Waals surface area contributed by atoms with E-state index in [1.165, 1.54) is 18.5 Å². The Kier molecular flexibility index (Phi) is 5.38. The van der Waals surface area contributed by atoms with Gasteiger partial charge in [-0.1, -0.05) is 6.07 Å². The summed E-state index contributed by atoms with van der Waals surface area (Å²) in [6.45, 7) is 0. The summed E-state index contributed by atoms with van der Waals surface area (Å²) < 4.78 is 49.6. The average Bonchev–Trinajstić information content (AvgIpc) is 3.27. The van der Waals surface area contributed by atoms with Crippen LogP contribution >= 0.6 is 0 Å². The highest BCUT2D eigenvalue weighted by molar-refractivity contribution is 6.04. The van der Waals surface area contributed by atoms with Crippen LogP contribution in [0.4, 0.5) is 18.9 Å². The van der Waals surface area contributed by atoms with Gasteiger partial charge in [0.15, 0.2) is 11.6 Å². The monoisotopic (exact) mass is 461 g/mol. The van der Waals surface area contributed by atoms with Crippen molar-refractivity contribution in [1.29, 1.82) is 0 Å². The molecule has 3 aromatic heterocycles. The SMILES string of the molecule is O=C(Nc1ccc(Oc2ncnn3cc(-c4ccncc4)cc23)c(F)c1)c1c(F)cccc1F. The maximum Gasteiger partial charge on any atom is 0.261 e. The molecular weight excluding hydrogens is 447 g/mol. The van der Waals surface area contributed by atoms with E-state index in [0.29, 0.717) is 5.52 Å². The van der Waals surface area contributed by atoms with Crippen molar-refractivity contribution in [2.75, 3.05) is 5.32 Å². The summed E-state index contributed by atoms with van der Waals surface area (Å²) in [6, 6.07) is 12.1. The molecule has 0 saturated carbocycles. The van der Waals surface area contributed by atoms with Crippen molar-refractivity contribution in [1.82, 2.24) is 19.6 Å². The van der Waals surface area contributed by atoms with E-state index in [2.05, 4.69) is 20.4 Å². The molecule has 10 heteroatoms. The lowest BCUT2D eigenvalue weighted by Gasteiger charge is -2.10. The zero-order chi connectivity index (χ0) is 23.7. The number of nitrogens with zero attached hydrogens (tertiary/aromatic N) is 4. The summed E-state index contributed by atoms with van der Waals surface area (Å²) >= 11 is 0. The van der Waals surface area contributed by atoms with Crippen LogP contribution in [0.15, 0.2) is 79.5 Å². The van der Waals surface area contributed by atoms with Gasteiger partial charge in [0, 0.05) is 35.9 Å². The minimum absolute atomic E-state index is 0.00648. The lowest BCUT2D eigenvalue weighted by molar-refractivity contribution is 0.101. The number of benzene rings is 2. The third-order valence-electron chi connectivity index (χ3n) is 4.97. The number of rotatable bonds is 5. The quantitative estimate of drug-likeness (QED) is 0.387. The summed E-state index contributed by atoms with van der Waals surface area (Å²) in [4.78, 5) is 20.3. The highest BCUT2D eigenvalue weighted by Gasteiger charge is 2.18. The molecule has 2 aromatic carbocycles. The zero-order valence-electron chi connectivity index (χ0n) is 17.2. The fourth-order valence-corrected chi connectivity index (χ4v) is 3.36. The lowest BCUT2D eigenvalue weighted by Crippen LogP contribution is -2.16. The number of nitrogens with one attached hydrogen (secondary N) is 1. The number of pyridine rings is 1. The molecule has 168 valence electrons. The normalized spacial score (nSPS) is 10.9. The zero-order valence-corrected chi connectivity index (χ0v) is 17.2. The third-order valence-corrected chi connectivity index (χ3v) is 4.97. The van der Waals surface area contributed by atoms with Crippen LogP contribution in [0.25, 0.3) is 16.6 Å². The summed E-state index contributed by atoms with van der Waals surface area (Å²) in [5.41, 5.74) is 1.48. The van der Waals surface area contributed by atoms with Gasteiger partial charge in [0.05, 0.1) is 0 Å². The molecule has 0 unspecified atom stereocenters. The predicted octanol–water partition coefficient (Wildman–Crippen LogP) is 5.25. The first-order valence-corrected chi connectivity index (χ1v) is 9.96. The van der Waals surface area contributed by atoms with Crippen LogP contribution < -0.4 is 10.1 Å². The van der Waals surface area contributed by atoms with Crippen molar-refractivity contribution in [2.45, 2.75) is 0 Å². The first kappa shape index (κ1) is 21.1. The molecule has 0 bridgehead atoms. The number of ether oxygens (including phenoxy) is 1. The molecule has 0 radical (unpaired) electrons. The van der Waals surface area contributed by atoms with Gasteiger partial charge in [-0.25, -0.2) is 17.7 Å². The first-order chi connectivity index (χ1) is 16.5. The minimum Gasteiger partial charge on any atom is -0.434 e. The van der Waals surface area contributed by atoms with E-state index < -0.39 is 28.9 Å². The van der Waals surface area contributed by atoms with E-state index in [4.69, 9.17) is 4.74 Å². The molecule has 0 saturated heterocycles. The van der Waals surface area contributed by atoms with Crippen molar-refractivity contribution in [3.05, 3.63) is 103 Å². The van der Waals surface area contributed by atoms with Gasteiger partial charge >= 0.3 is 0 Å². The van der Waals surface area contributed by atoms with Crippen LogP contribution in [0, 0.1) is 17.5 Å². The minimum atomic E-state index is -1.04. The molecule has 5 aromatic rings. The molecule has 5 rings (SSSR count). The van der Waals surface area contributed by atoms with Crippen LogP contribution in [0.3, 0.4) is 0 Å². The number of hydrogen-bond acceptors (Lipinski definition) is 5. The fourth-order valence-electron chi connectivity index (χ4n) is 3.36. The number of halogens is 3. The molecular formula is C24H14F3N5O2. The molecule has 0 aliphatic heterocycles. The number of fused-ring (bicyclic) bond motifs is 1. The van der Waals surface area contributed by atoms with Gasteiger partial charge in [-0.05, 0) is 48.0 Å². The predicted molar refractivity (Wildman–Crippen MR) is 117 cm³/mol. The highest BCUT2D eigenvalue weighted by atomic mass is 19.1. The van der Waals surface area contributed by atoms with Gasteiger partial charge in [0.1, 0.15) is 29.0 Å². The van der Waals surface area contributed by atoms with E-state index in [0.717, 1.165) is 35.4 Å². The van der Waals surface area contributed by atoms with Crippen molar-refractivity contribution in [3.63, 3.8) is 0 Å². The summed E-state index contributed by atoms with van der Waals surface area (Å²) in [6.07, 6.45) is 6.37. The molecule has 3 heterocycles. The smallest absolute Gasteiger partial charge is 0.261 e. The van der Waals surface area contributed by atoms with Gasteiger partial charge in [0.2, 0.25) is 5.88 Å². The Labute approximate surface area is 190 Å². The maximum absolute atomic E-state index is 14.7. The van der Waals surface area contributed by atoms with Gasteiger partial charge in [0.25, 0.3) is 5.91 Å². The van der Waals surface area contributed by atoms with Crippen molar-refractivity contribution < 1.29 is 22.7 Å². The van der Waals surface area contributed by atoms with Gasteiger partial charge in [-0.2, -0.15) is 10.1 Å². The van der Waals surface area contributed by atoms with Crippen molar-refractivity contribution in [2.24, 2.45) is 0 Å². The first-order valence-electron chi connectivity index (χ1n) is 9.96. The number of aromatic nitrogens is 4. The number of hydrogen-bond donors (Lipinski definition) is 1. The average molecular weight is 461 g/mol. The summed E-state index contributed by atoms with van der Waals surface area (Å²) in [5.74, 6) is -3.96. The Morgan fingerprint density at radius 3 is 2.41 bits per heavy atom. The molecule has 0 fully saturated rings. The van der Waals surface area contributed by atoms with E-state index in [-0.39, 0.29) is 17.3 Å². The number of carbonyl (C=O) groups is 1. The molecule has 0 spiro atoms. The largest absolute Gasteiger partial charge is 0.434 e. The van der Waals surface area contributed by atoms with Gasteiger partial charge in [-0.15, -0.1) is 0 Å². The second kappa shape index (κ2) is 8.66. The highest BCUT2D eigenvalue weighted by Crippen LogP contribution is 2.31. The third kappa shape index (κ3) is 4.04. The van der Waals surface area contributed by atoms with Gasteiger partial charge < -0.3 is 10.1 Å². The molecule has 7 nitrogen and oxygen atoms in total. The van der Waals surface area contributed by atoms with Crippen molar-refractivity contribution in [3.8, 4) is 22.8 Å². The van der Waals surface area contributed by atoms with Crippen LogP contribution in [0.2, 0.25) is 0 Å². The van der Waals surface area contributed by atoms with E-state index >= 15 is 0 Å². The maximum atomic E-state index is 14.7. The number of anilines is 1. The van der Waals surface area contributed by atoms with Crippen LogP contribution in [-0.4, -0.2) is 25.5 Å². The van der Waals surface area contributed by atoms with Gasteiger partial charge in [-0.3, -0.25) is 9.78 Å². The molecule has 0 atom stereocenters. The molecule has 1 amide bonds. The molecule has 1 N–H and O–H groups in total. The fraction of sp³-hybridized carbons (Fsp3) is 0. The lowest BCUT2D eigenvalue weighted by atomic mass is 10.1. The number of carbonyl (C=O) groups excluding carboxylic acids is 1. The Morgan fingerprint density at radius 2 is 1.68 bits per heavy atom. The topological polar surface area (TPSA) is 81.4 Å². The Bertz CT molecular complexity index is 1500. The van der Waals surface area contributed by atoms with Crippen LogP contribution in [0.1, 0.15) is 10.4 Å². The van der Waals surface area contributed by atoms with E-state index in [1.54, 1.807) is 29.2 Å². The Morgan fingerprint density at radius 1 is 0.912 bits per heavy atom. The molecule has 0 aliphatic rings. The molecule has 34 heavy (non-hydrogen) atoms. The van der Waals surface area contributed by atoms with E-state index in [1.807, 2.05) is 12.1 Å². The molecule has 0 aliphatic carbocycles.